The highest BCUT2D eigenvalue weighted by Gasteiger charge is 2.48. The summed E-state index contributed by atoms with van der Waals surface area (Å²) < 4.78 is 65.3. The van der Waals surface area contributed by atoms with Crippen LogP contribution in [0.4, 0.5) is 13.2 Å². The number of amidine groups is 1. The highest BCUT2D eigenvalue weighted by atomic mass is 32.2. The number of carbonyl (C=O) groups excluding carboxylic acids is 1. The van der Waals surface area contributed by atoms with Gasteiger partial charge in [-0.3, -0.25) is 15.1 Å². The molecule has 36 heavy (non-hydrogen) atoms. The highest BCUT2D eigenvalue weighted by molar-refractivity contribution is 7.92. The van der Waals surface area contributed by atoms with Crippen molar-refractivity contribution in [2.45, 2.75) is 113 Å². The van der Waals surface area contributed by atoms with E-state index < -0.39 is 28.0 Å². The molecule has 1 aliphatic heterocycles. The quantitative estimate of drug-likeness (QED) is 0.340. The van der Waals surface area contributed by atoms with Gasteiger partial charge in [0.2, 0.25) is 5.91 Å². The smallest absolute Gasteiger partial charge is 0.387 e. The third-order valence-corrected chi connectivity index (χ3v) is 11.5. The predicted octanol–water partition coefficient (Wildman–Crippen LogP) is 3.77. The zero-order chi connectivity index (χ0) is 26.1. The second-order valence-corrected chi connectivity index (χ2v) is 13.9. The van der Waals surface area contributed by atoms with E-state index in [0.717, 1.165) is 32.1 Å². The van der Waals surface area contributed by atoms with Gasteiger partial charge in [-0.1, -0.05) is 19.3 Å². The molecule has 0 aromatic heterocycles. The molecule has 3 saturated carbocycles. The van der Waals surface area contributed by atoms with Gasteiger partial charge >= 0.3 is 6.18 Å². The van der Waals surface area contributed by atoms with Gasteiger partial charge in [0.25, 0.3) is 0 Å². The third kappa shape index (κ3) is 6.37. The first kappa shape index (κ1) is 27.7. The van der Waals surface area contributed by atoms with Crippen LogP contribution in [0.1, 0.15) is 83.5 Å². The van der Waals surface area contributed by atoms with Gasteiger partial charge in [0, 0.05) is 24.5 Å². The van der Waals surface area contributed by atoms with Crippen LogP contribution in [0.25, 0.3) is 0 Å². The summed E-state index contributed by atoms with van der Waals surface area (Å²) in [4.78, 5) is 15.4. The molecule has 0 aromatic carbocycles. The second kappa shape index (κ2) is 11.2. The van der Waals surface area contributed by atoms with Crippen LogP contribution in [0.2, 0.25) is 0 Å². The molecule has 4 N–H and O–H groups in total. The molecular formula is C25H41F3N4O3S. The lowest BCUT2D eigenvalue weighted by molar-refractivity contribution is -0.182. The van der Waals surface area contributed by atoms with Crippen molar-refractivity contribution in [1.82, 2.24) is 10.2 Å². The second-order valence-electron chi connectivity index (χ2n) is 11.5. The fourth-order valence-electron chi connectivity index (χ4n) is 7.09. The average molecular weight is 535 g/mol. The summed E-state index contributed by atoms with van der Waals surface area (Å²) in [7, 11) is -3.28. The van der Waals surface area contributed by atoms with E-state index in [1.165, 1.54) is 0 Å². The Morgan fingerprint density at radius 3 is 2.25 bits per heavy atom. The fourth-order valence-corrected chi connectivity index (χ4v) is 8.94. The number of rotatable bonds is 7. The number of alkyl halides is 3. The molecule has 4 unspecified atom stereocenters. The largest absolute Gasteiger partial charge is 0.391 e. The predicted molar refractivity (Wildman–Crippen MR) is 132 cm³/mol. The van der Waals surface area contributed by atoms with Crippen LogP contribution in [-0.2, 0) is 14.6 Å². The minimum absolute atomic E-state index is 0.00605. The van der Waals surface area contributed by atoms with Gasteiger partial charge in [0.1, 0.15) is 0 Å². The van der Waals surface area contributed by atoms with Gasteiger partial charge in [-0.2, -0.15) is 13.2 Å². The van der Waals surface area contributed by atoms with Crippen molar-refractivity contribution >= 4 is 21.6 Å². The van der Waals surface area contributed by atoms with Gasteiger partial charge in [0.15, 0.2) is 9.84 Å². The van der Waals surface area contributed by atoms with Crippen molar-refractivity contribution in [3.63, 3.8) is 0 Å². The summed E-state index contributed by atoms with van der Waals surface area (Å²) >= 11 is 0. The number of nitrogens with two attached hydrogens (primary N) is 1. The Hall–Kier alpha value is -1.36. The fraction of sp³-hybridized carbons (Fsp3) is 0.920. The van der Waals surface area contributed by atoms with Crippen LogP contribution in [0.3, 0.4) is 0 Å². The van der Waals surface area contributed by atoms with Crippen molar-refractivity contribution in [2.75, 3.05) is 12.3 Å². The van der Waals surface area contributed by atoms with Crippen LogP contribution >= 0.6 is 0 Å². The van der Waals surface area contributed by atoms with Crippen molar-refractivity contribution < 1.29 is 26.4 Å². The lowest BCUT2D eigenvalue weighted by Crippen LogP contribution is -2.52. The van der Waals surface area contributed by atoms with Crippen LogP contribution in [-0.4, -0.2) is 66.9 Å². The third-order valence-electron chi connectivity index (χ3n) is 9.28. The number of fused-ring (bicyclic) bond motifs is 1. The molecule has 3 aliphatic carbocycles. The molecule has 4 rings (SSSR count). The molecule has 206 valence electrons. The topological polar surface area (TPSA) is 116 Å². The standard InChI is InChI=1S/C25H41F3N4O3S/c26-25(27,28)18-8-10-19(11-9-18)31-24(33)22-14-16-6-7-17(23(29)30)15-21(16)32(22)12-13-36(34,35)20-4-2-1-3-5-20/h16-22H,1-15H2,(H3,29,30)(H,31,33). The van der Waals surface area contributed by atoms with E-state index >= 15 is 0 Å². The SMILES string of the molecule is N=C(N)C1CCC2CC(C(=O)NC3CCC(C(F)(F)F)CC3)N(CCS(=O)(=O)C3CCCCC3)C2C1. The molecule has 4 aliphatic rings. The van der Waals surface area contributed by atoms with E-state index in [2.05, 4.69) is 5.32 Å². The first-order chi connectivity index (χ1) is 17.0. The number of sulfone groups is 1. The first-order valence-electron chi connectivity index (χ1n) is 13.6. The summed E-state index contributed by atoms with van der Waals surface area (Å²) in [6.07, 6.45) is 3.68. The summed E-state index contributed by atoms with van der Waals surface area (Å²) in [5.74, 6) is -1.19. The molecular weight excluding hydrogens is 493 g/mol. The van der Waals surface area contributed by atoms with E-state index in [1.807, 2.05) is 4.90 Å². The lowest BCUT2D eigenvalue weighted by Gasteiger charge is -2.37. The number of nitrogens with zero attached hydrogens (tertiary/aromatic N) is 1. The summed E-state index contributed by atoms with van der Waals surface area (Å²) in [6, 6.07) is -0.782. The maximum atomic E-state index is 13.4. The molecule has 7 nitrogen and oxygen atoms in total. The van der Waals surface area contributed by atoms with Gasteiger partial charge < -0.3 is 11.1 Å². The molecule has 11 heteroatoms. The Bertz CT molecular complexity index is 899. The Kier molecular flexibility index (Phi) is 8.59. The van der Waals surface area contributed by atoms with Crippen LogP contribution in [0, 0.1) is 23.2 Å². The minimum Gasteiger partial charge on any atom is -0.387 e. The molecule has 0 bridgehead atoms. The lowest BCUT2D eigenvalue weighted by atomic mass is 9.78. The van der Waals surface area contributed by atoms with E-state index in [9.17, 15) is 26.4 Å². The Morgan fingerprint density at radius 2 is 1.64 bits per heavy atom. The van der Waals surface area contributed by atoms with E-state index in [0.29, 0.717) is 38.5 Å². The van der Waals surface area contributed by atoms with Crippen LogP contribution in [0.5, 0.6) is 0 Å². The van der Waals surface area contributed by atoms with Crippen LogP contribution in [0.15, 0.2) is 0 Å². The Balaban J connectivity index is 1.43. The monoisotopic (exact) mass is 534 g/mol. The van der Waals surface area contributed by atoms with Crippen molar-refractivity contribution in [3.8, 4) is 0 Å². The molecule has 0 spiro atoms. The van der Waals surface area contributed by atoms with Crippen molar-refractivity contribution in [3.05, 3.63) is 0 Å². The van der Waals surface area contributed by atoms with E-state index in [1.54, 1.807) is 0 Å². The first-order valence-corrected chi connectivity index (χ1v) is 15.4. The minimum atomic E-state index is -4.19. The van der Waals surface area contributed by atoms with Gasteiger partial charge in [-0.25, -0.2) is 8.42 Å². The molecule has 0 aromatic rings. The average Bonchev–Trinajstić information content (AvgIpc) is 3.21. The highest BCUT2D eigenvalue weighted by Crippen LogP contribution is 2.42. The van der Waals surface area contributed by atoms with E-state index in [4.69, 9.17) is 11.1 Å². The Morgan fingerprint density at radius 1 is 0.972 bits per heavy atom. The van der Waals surface area contributed by atoms with E-state index in [-0.39, 0.29) is 66.1 Å². The molecule has 1 amide bonds. The zero-order valence-electron chi connectivity index (χ0n) is 20.9. The normalized spacial score (nSPS) is 34.8. The number of hydrogen-bond donors (Lipinski definition) is 3. The Labute approximate surface area is 212 Å². The van der Waals surface area contributed by atoms with Gasteiger partial charge in [-0.05, 0) is 70.1 Å². The number of carbonyl (C=O) groups is 1. The molecule has 4 fully saturated rings. The molecule has 1 saturated heterocycles. The van der Waals surface area contributed by atoms with Crippen LogP contribution < -0.4 is 11.1 Å². The van der Waals surface area contributed by atoms with Gasteiger partial charge in [0.05, 0.1) is 28.8 Å². The summed E-state index contributed by atoms with van der Waals surface area (Å²) in [6.45, 7) is 0.267. The maximum Gasteiger partial charge on any atom is 0.391 e. The van der Waals surface area contributed by atoms with Gasteiger partial charge in [-0.15, -0.1) is 0 Å². The number of halogens is 3. The number of nitrogens with one attached hydrogen (secondary N) is 2. The van der Waals surface area contributed by atoms with Crippen molar-refractivity contribution in [2.24, 2.45) is 23.5 Å². The summed E-state index contributed by atoms with van der Waals surface area (Å²) in [5.41, 5.74) is 5.81. The summed E-state index contributed by atoms with van der Waals surface area (Å²) in [5, 5.41) is 10.6. The molecule has 1 heterocycles. The maximum absolute atomic E-state index is 13.4. The molecule has 4 atom stereocenters. The number of likely N-dealkylation sites (tertiary alicyclic amines) is 1. The molecule has 0 radical (unpaired) electrons. The zero-order valence-corrected chi connectivity index (χ0v) is 21.8. The number of amides is 1. The number of hydrogen-bond acceptors (Lipinski definition) is 5. The van der Waals surface area contributed by atoms with Crippen molar-refractivity contribution in [1.29, 1.82) is 5.41 Å².